The molecule has 0 fully saturated rings. The van der Waals surface area contributed by atoms with Gasteiger partial charge in [-0.3, -0.25) is 4.79 Å². The van der Waals surface area contributed by atoms with Crippen LogP contribution in [0.4, 0.5) is 0 Å². The van der Waals surface area contributed by atoms with Crippen LogP contribution >= 0.6 is 0 Å². The first-order valence-corrected chi connectivity index (χ1v) is 9.89. The number of aliphatic hydroxyl groups excluding tert-OH is 1. The third-order valence-corrected chi connectivity index (χ3v) is 4.42. The molecule has 0 spiro atoms. The van der Waals surface area contributed by atoms with Gasteiger partial charge in [-0.25, -0.2) is 0 Å². The van der Waals surface area contributed by atoms with Gasteiger partial charge in [0.05, 0.1) is 6.10 Å². The van der Waals surface area contributed by atoms with Gasteiger partial charge in [-0.1, -0.05) is 64.0 Å². The molecule has 4 N–H and O–H groups in total. The smallest absolute Gasteiger partial charge is 0.320 e. The molecule has 0 saturated carbocycles. The highest BCUT2D eigenvalue weighted by Crippen LogP contribution is 2.13. The van der Waals surface area contributed by atoms with Crippen molar-refractivity contribution in [1.82, 2.24) is 0 Å². The average molecular weight is 342 g/mol. The number of unbranched alkanes of at least 4 members (excludes halogenated alkanes) is 8. The number of rotatable bonds is 17. The molecule has 24 heavy (non-hydrogen) atoms. The zero-order valence-electron chi connectivity index (χ0n) is 15.6. The van der Waals surface area contributed by atoms with Gasteiger partial charge < -0.3 is 15.9 Å². The number of carboxylic acid groups (broad SMARTS) is 1. The summed E-state index contributed by atoms with van der Waals surface area (Å²) in [5.41, 5.74) is 5.45. The number of hydrogen-bond donors (Lipinski definition) is 3. The molecule has 0 radical (unpaired) electrons. The van der Waals surface area contributed by atoms with E-state index in [2.05, 4.69) is 19.1 Å². The zero-order valence-corrected chi connectivity index (χ0v) is 15.6. The Morgan fingerprint density at radius 3 is 2.00 bits per heavy atom. The fourth-order valence-electron chi connectivity index (χ4n) is 2.76. The van der Waals surface area contributed by atoms with Crippen LogP contribution in [-0.4, -0.2) is 28.3 Å². The normalized spacial score (nSPS) is 14.1. The highest BCUT2D eigenvalue weighted by Gasteiger charge is 2.09. The van der Waals surface area contributed by atoms with Crippen molar-refractivity contribution in [3.8, 4) is 0 Å². The molecule has 0 heterocycles. The van der Waals surface area contributed by atoms with Gasteiger partial charge in [0.25, 0.3) is 0 Å². The summed E-state index contributed by atoms with van der Waals surface area (Å²) in [4.78, 5) is 10.6. The minimum Gasteiger partial charge on any atom is -0.480 e. The van der Waals surface area contributed by atoms with E-state index in [0.29, 0.717) is 6.42 Å². The van der Waals surface area contributed by atoms with Crippen LogP contribution in [-0.2, 0) is 4.79 Å². The first-order chi connectivity index (χ1) is 11.6. The van der Waals surface area contributed by atoms with E-state index >= 15 is 0 Å². The van der Waals surface area contributed by atoms with Crippen LogP contribution in [0.15, 0.2) is 12.2 Å². The summed E-state index contributed by atoms with van der Waals surface area (Å²) in [6, 6.07) is -0.722. The van der Waals surface area contributed by atoms with Gasteiger partial charge in [0.2, 0.25) is 0 Å². The van der Waals surface area contributed by atoms with E-state index in [1.54, 1.807) is 0 Å². The Bertz CT molecular complexity index is 318. The molecule has 142 valence electrons. The standard InChI is InChI=1S/C20H39NO3/c1-2-3-4-12-15-18(22)16-13-10-8-6-5-7-9-11-14-17-19(21)20(23)24/h7,9,18-19,22H,2-6,8,10-17,21H2,1H3,(H,23,24). The number of aliphatic hydroxyl groups is 1. The van der Waals surface area contributed by atoms with E-state index in [-0.39, 0.29) is 6.10 Å². The van der Waals surface area contributed by atoms with Gasteiger partial charge in [0.15, 0.2) is 0 Å². The van der Waals surface area contributed by atoms with Gasteiger partial charge in [-0.05, 0) is 44.9 Å². The lowest BCUT2D eigenvalue weighted by Crippen LogP contribution is -2.29. The van der Waals surface area contributed by atoms with Crippen molar-refractivity contribution in [3.63, 3.8) is 0 Å². The summed E-state index contributed by atoms with van der Waals surface area (Å²) >= 11 is 0. The Hall–Kier alpha value is -0.870. The minimum absolute atomic E-state index is 0.0982. The number of allylic oxidation sites excluding steroid dienone is 2. The third kappa shape index (κ3) is 16.0. The first-order valence-electron chi connectivity index (χ1n) is 9.89. The van der Waals surface area contributed by atoms with Crippen LogP contribution in [0, 0.1) is 0 Å². The Balaban J connectivity index is 3.29. The second kappa shape index (κ2) is 17.0. The van der Waals surface area contributed by atoms with Crippen molar-refractivity contribution in [3.05, 3.63) is 12.2 Å². The van der Waals surface area contributed by atoms with Crippen molar-refractivity contribution in [2.75, 3.05) is 0 Å². The van der Waals surface area contributed by atoms with E-state index in [9.17, 15) is 9.90 Å². The van der Waals surface area contributed by atoms with Crippen molar-refractivity contribution >= 4 is 5.97 Å². The number of carboxylic acids is 1. The quantitative estimate of drug-likeness (QED) is 0.262. The summed E-state index contributed by atoms with van der Waals surface area (Å²) in [5, 5.41) is 18.6. The molecule has 4 heteroatoms. The molecule has 0 aromatic carbocycles. The van der Waals surface area contributed by atoms with Gasteiger partial charge >= 0.3 is 5.97 Å². The summed E-state index contributed by atoms with van der Waals surface area (Å²) in [5.74, 6) is -0.912. The van der Waals surface area contributed by atoms with Crippen molar-refractivity contribution < 1.29 is 15.0 Å². The van der Waals surface area contributed by atoms with Gasteiger partial charge in [0.1, 0.15) is 6.04 Å². The molecule has 0 rings (SSSR count). The maximum atomic E-state index is 10.6. The second-order valence-corrected chi connectivity index (χ2v) is 6.84. The zero-order chi connectivity index (χ0) is 18.0. The minimum atomic E-state index is -0.912. The Labute approximate surface area is 148 Å². The SMILES string of the molecule is CCCCCCC(O)CCCCCCC=CCCCC(N)C(=O)O. The molecule has 0 aromatic rings. The molecule has 4 nitrogen and oxygen atoms in total. The lowest BCUT2D eigenvalue weighted by Gasteiger charge is -2.09. The van der Waals surface area contributed by atoms with Crippen LogP contribution in [0.1, 0.15) is 96.8 Å². The van der Waals surface area contributed by atoms with Crippen molar-refractivity contribution in [2.24, 2.45) is 5.73 Å². The van der Waals surface area contributed by atoms with Gasteiger partial charge in [-0.15, -0.1) is 0 Å². The van der Waals surface area contributed by atoms with Crippen LogP contribution < -0.4 is 5.73 Å². The fraction of sp³-hybridized carbons (Fsp3) is 0.850. The average Bonchev–Trinajstić information content (AvgIpc) is 2.56. The first kappa shape index (κ1) is 23.1. The van der Waals surface area contributed by atoms with E-state index in [4.69, 9.17) is 10.8 Å². The van der Waals surface area contributed by atoms with E-state index in [1.807, 2.05) is 0 Å². The number of carbonyl (C=O) groups is 1. The largest absolute Gasteiger partial charge is 0.480 e. The molecule has 2 atom stereocenters. The topological polar surface area (TPSA) is 83.5 Å². The van der Waals surface area contributed by atoms with E-state index in [1.165, 1.54) is 38.5 Å². The predicted molar refractivity (Wildman–Crippen MR) is 101 cm³/mol. The molecule has 0 aliphatic carbocycles. The number of hydrogen-bond acceptors (Lipinski definition) is 3. The maximum Gasteiger partial charge on any atom is 0.320 e. The summed E-state index contributed by atoms with van der Waals surface area (Å²) in [7, 11) is 0. The molecular weight excluding hydrogens is 302 g/mol. The van der Waals surface area contributed by atoms with Gasteiger partial charge in [0, 0.05) is 0 Å². The Morgan fingerprint density at radius 1 is 0.875 bits per heavy atom. The molecule has 0 aliphatic rings. The highest BCUT2D eigenvalue weighted by molar-refractivity contribution is 5.72. The molecule has 0 saturated heterocycles. The third-order valence-electron chi connectivity index (χ3n) is 4.42. The van der Waals surface area contributed by atoms with Crippen molar-refractivity contribution in [1.29, 1.82) is 0 Å². The predicted octanol–water partition coefficient (Wildman–Crippen LogP) is 4.80. The lowest BCUT2D eigenvalue weighted by molar-refractivity contribution is -0.138. The lowest BCUT2D eigenvalue weighted by atomic mass is 10.0. The van der Waals surface area contributed by atoms with Crippen LogP contribution in [0.3, 0.4) is 0 Å². The van der Waals surface area contributed by atoms with E-state index in [0.717, 1.165) is 44.9 Å². The monoisotopic (exact) mass is 341 g/mol. The summed E-state index contributed by atoms with van der Waals surface area (Å²) in [6.45, 7) is 2.21. The maximum absolute atomic E-state index is 10.6. The second-order valence-electron chi connectivity index (χ2n) is 6.84. The van der Waals surface area contributed by atoms with Crippen LogP contribution in [0.5, 0.6) is 0 Å². The molecule has 2 unspecified atom stereocenters. The van der Waals surface area contributed by atoms with Crippen LogP contribution in [0.2, 0.25) is 0 Å². The fourth-order valence-corrected chi connectivity index (χ4v) is 2.76. The number of nitrogens with two attached hydrogens (primary N) is 1. The van der Waals surface area contributed by atoms with Gasteiger partial charge in [-0.2, -0.15) is 0 Å². The molecule has 0 amide bonds. The number of aliphatic carboxylic acids is 1. The highest BCUT2D eigenvalue weighted by atomic mass is 16.4. The Morgan fingerprint density at radius 2 is 1.42 bits per heavy atom. The molecule has 0 bridgehead atoms. The molecular formula is C20H39NO3. The van der Waals surface area contributed by atoms with Crippen molar-refractivity contribution in [2.45, 2.75) is 109 Å². The summed E-state index contributed by atoms with van der Waals surface area (Å²) in [6.07, 6.45) is 19.2. The molecule has 0 aliphatic heterocycles. The Kier molecular flexibility index (Phi) is 16.4. The summed E-state index contributed by atoms with van der Waals surface area (Å²) < 4.78 is 0. The molecule has 0 aromatic heterocycles. The van der Waals surface area contributed by atoms with E-state index < -0.39 is 12.0 Å². The van der Waals surface area contributed by atoms with Crippen LogP contribution in [0.25, 0.3) is 0 Å².